The van der Waals surface area contributed by atoms with Crippen LogP contribution in [-0.4, -0.2) is 61.0 Å². The van der Waals surface area contributed by atoms with E-state index >= 15 is 0 Å². The predicted molar refractivity (Wildman–Crippen MR) is 68.9 cm³/mol. The summed E-state index contributed by atoms with van der Waals surface area (Å²) in [5.74, 6) is 0.316. The van der Waals surface area contributed by atoms with Crippen LogP contribution in [0.2, 0.25) is 0 Å². The molecule has 1 amide bonds. The fourth-order valence-electron chi connectivity index (χ4n) is 2.87. The van der Waals surface area contributed by atoms with Crippen LogP contribution in [0.3, 0.4) is 0 Å². The largest absolute Gasteiger partial charge is 0.344 e. The van der Waals surface area contributed by atoms with E-state index in [1.807, 2.05) is 19.0 Å². The number of hydrogen-bond acceptors (Lipinski definition) is 3. The molecule has 2 unspecified atom stereocenters. The molecule has 2 rings (SSSR count). The summed E-state index contributed by atoms with van der Waals surface area (Å²) in [5, 5.41) is 3.17. The van der Waals surface area contributed by atoms with Crippen LogP contribution in [0, 0.1) is 0 Å². The third-order valence-corrected chi connectivity index (χ3v) is 4.05. The van der Waals surface area contributed by atoms with E-state index < -0.39 is 0 Å². The molecule has 1 heterocycles. The van der Waals surface area contributed by atoms with Crippen LogP contribution >= 0.6 is 0 Å². The third kappa shape index (κ3) is 2.80. The lowest BCUT2D eigenvalue weighted by Gasteiger charge is -2.33. The molecular formula is C13H25N3O. The topological polar surface area (TPSA) is 35.6 Å². The monoisotopic (exact) mass is 239 g/mol. The van der Waals surface area contributed by atoms with E-state index in [9.17, 15) is 4.79 Å². The molecule has 1 aliphatic heterocycles. The number of carbonyl (C=O) groups is 1. The molecule has 0 bridgehead atoms. The number of carbonyl (C=O) groups excluding carboxylic acids is 1. The maximum atomic E-state index is 12.4. The Kier molecular flexibility index (Phi) is 4.05. The predicted octanol–water partition coefficient (Wildman–Crippen LogP) is 0.680. The van der Waals surface area contributed by atoms with Gasteiger partial charge in [-0.2, -0.15) is 0 Å². The van der Waals surface area contributed by atoms with Gasteiger partial charge in [0.25, 0.3) is 0 Å². The van der Waals surface area contributed by atoms with Crippen molar-refractivity contribution in [2.75, 3.05) is 27.2 Å². The molecule has 0 spiro atoms. The summed E-state index contributed by atoms with van der Waals surface area (Å²) >= 11 is 0. The summed E-state index contributed by atoms with van der Waals surface area (Å²) < 4.78 is 0. The third-order valence-electron chi connectivity index (χ3n) is 4.05. The Hall–Kier alpha value is -0.610. The first kappa shape index (κ1) is 12.8. The second-order valence-electron chi connectivity index (χ2n) is 5.48. The number of likely N-dealkylation sites (N-methyl/N-ethyl adjacent to an activating group) is 1. The Balaban J connectivity index is 2.13. The Morgan fingerprint density at radius 3 is 2.65 bits per heavy atom. The number of nitrogens with zero attached hydrogens (tertiary/aromatic N) is 2. The first-order chi connectivity index (χ1) is 8.15. The zero-order valence-corrected chi connectivity index (χ0v) is 11.3. The first-order valence-corrected chi connectivity index (χ1v) is 6.82. The maximum Gasteiger partial charge on any atom is 0.239 e. The average Bonchev–Trinajstić information content (AvgIpc) is 3.13. The summed E-state index contributed by atoms with van der Waals surface area (Å²) in [6, 6.07) is 1.30. The molecule has 1 aliphatic carbocycles. The average molecular weight is 239 g/mol. The van der Waals surface area contributed by atoms with Crippen LogP contribution in [0.15, 0.2) is 0 Å². The van der Waals surface area contributed by atoms with E-state index in [-0.39, 0.29) is 6.04 Å². The highest BCUT2D eigenvalue weighted by Gasteiger charge is 2.42. The second-order valence-corrected chi connectivity index (χ2v) is 5.48. The molecule has 1 N–H and O–H groups in total. The fourth-order valence-corrected chi connectivity index (χ4v) is 2.87. The molecule has 0 aromatic rings. The minimum absolute atomic E-state index is 0.0949. The minimum Gasteiger partial charge on any atom is -0.344 e. The Morgan fingerprint density at radius 2 is 2.06 bits per heavy atom. The minimum atomic E-state index is 0.0949. The van der Waals surface area contributed by atoms with Crippen molar-refractivity contribution in [2.45, 2.75) is 50.7 Å². The van der Waals surface area contributed by atoms with Crippen molar-refractivity contribution in [1.82, 2.24) is 15.1 Å². The van der Waals surface area contributed by atoms with Crippen LogP contribution in [0.25, 0.3) is 0 Å². The van der Waals surface area contributed by atoms with Gasteiger partial charge in [-0.1, -0.05) is 0 Å². The van der Waals surface area contributed by atoms with Gasteiger partial charge in [0, 0.05) is 25.7 Å². The molecule has 0 radical (unpaired) electrons. The van der Waals surface area contributed by atoms with Crippen molar-refractivity contribution in [1.29, 1.82) is 0 Å². The van der Waals surface area contributed by atoms with Crippen molar-refractivity contribution in [3.8, 4) is 0 Å². The Labute approximate surface area is 104 Å². The highest BCUT2D eigenvalue weighted by molar-refractivity contribution is 5.82. The summed E-state index contributed by atoms with van der Waals surface area (Å²) in [7, 11) is 3.90. The van der Waals surface area contributed by atoms with Crippen molar-refractivity contribution >= 4 is 5.91 Å². The van der Waals surface area contributed by atoms with Crippen molar-refractivity contribution in [2.24, 2.45) is 0 Å². The number of nitrogens with one attached hydrogen (secondary N) is 1. The SMILES string of the molecule is CNCCC1C(=O)N(C)CCC(C)N1C1CC1. The summed E-state index contributed by atoms with van der Waals surface area (Å²) in [4.78, 5) is 16.8. The van der Waals surface area contributed by atoms with Gasteiger partial charge < -0.3 is 10.2 Å². The summed E-state index contributed by atoms with van der Waals surface area (Å²) in [5.41, 5.74) is 0. The lowest BCUT2D eigenvalue weighted by atomic mass is 10.1. The molecule has 0 aromatic carbocycles. The highest BCUT2D eigenvalue weighted by Crippen LogP contribution is 2.33. The van der Waals surface area contributed by atoms with Gasteiger partial charge in [-0.25, -0.2) is 0 Å². The van der Waals surface area contributed by atoms with E-state index in [2.05, 4.69) is 17.1 Å². The van der Waals surface area contributed by atoms with Gasteiger partial charge in [0.1, 0.15) is 0 Å². The molecule has 98 valence electrons. The summed E-state index contributed by atoms with van der Waals surface area (Å²) in [6.07, 6.45) is 4.59. The zero-order chi connectivity index (χ0) is 12.4. The maximum absolute atomic E-state index is 12.4. The first-order valence-electron chi connectivity index (χ1n) is 6.82. The Morgan fingerprint density at radius 1 is 1.35 bits per heavy atom. The molecule has 4 heteroatoms. The smallest absolute Gasteiger partial charge is 0.239 e. The van der Waals surface area contributed by atoms with E-state index in [0.29, 0.717) is 18.0 Å². The lowest BCUT2D eigenvalue weighted by molar-refractivity contribution is -0.135. The van der Waals surface area contributed by atoms with E-state index in [1.54, 1.807) is 0 Å². The lowest BCUT2D eigenvalue weighted by Crippen LogP contribution is -2.49. The quantitative estimate of drug-likeness (QED) is 0.783. The van der Waals surface area contributed by atoms with E-state index in [4.69, 9.17) is 0 Å². The molecule has 1 saturated heterocycles. The van der Waals surface area contributed by atoms with Gasteiger partial charge in [-0.15, -0.1) is 0 Å². The van der Waals surface area contributed by atoms with Gasteiger partial charge in [-0.3, -0.25) is 9.69 Å². The Bertz CT molecular complexity index is 278. The van der Waals surface area contributed by atoms with Crippen LogP contribution < -0.4 is 5.32 Å². The van der Waals surface area contributed by atoms with E-state index in [0.717, 1.165) is 25.9 Å². The normalized spacial score (nSPS) is 31.7. The van der Waals surface area contributed by atoms with Crippen LogP contribution in [0.1, 0.15) is 32.6 Å². The molecular weight excluding hydrogens is 214 g/mol. The fraction of sp³-hybridized carbons (Fsp3) is 0.923. The van der Waals surface area contributed by atoms with Crippen molar-refractivity contribution in [3.63, 3.8) is 0 Å². The van der Waals surface area contributed by atoms with E-state index in [1.165, 1.54) is 12.8 Å². The molecule has 2 aliphatic rings. The zero-order valence-electron chi connectivity index (χ0n) is 11.3. The molecule has 0 aromatic heterocycles. The van der Waals surface area contributed by atoms with Gasteiger partial charge in [0.2, 0.25) is 5.91 Å². The van der Waals surface area contributed by atoms with Crippen LogP contribution in [0.4, 0.5) is 0 Å². The molecule has 4 nitrogen and oxygen atoms in total. The summed E-state index contributed by atoms with van der Waals surface area (Å²) in [6.45, 7) is 4.09. The van der Waals surface area contributed by atoms with Crippen molar-refractivity contribution < 1.29 is 4.79 Å². The number of rotatable bonds is 4. The number of hydrogen-bond donors (Lipinski definition) is 1. The number of amides is 1. The second kappa shape index (κ2) is 5.36. The van der Waals surface area contributed by atoms with Gasteiger partial charge in [-0.05, 0) is 46.2 Å². The molecule has 17 heavy (non-hydrogen) atoms. The standard InChI is InChI=1S/C13H25N3O/c1-10-7-9-15(3)13(17)12(6-8-14-2)16(10)11-4-5-11/h10-12,14H,4-9H2,1-3H3. The van der Waals surface area contributed by atoms with Gasteiger partial charge in [0.05, 0.1) is 6.04 Å². The molecule has 2 fully saturated rings. The van der Waals surface area contributed by atoms with Crippen LogP contribution in [0.5, 0.6) is 0 Å². The highest BCUT2D eigenvalue weighted by atomic mass is 16.2. The van der Waals surface area contributed by atoms with Gasteiger partial charge >= 0.3 is 0 Å². The van der Waals surface area contributed by atoms with Crippen LogP contribution in [-0.2, 0) is 4.79 Å². The molecule has 2 atom stereocenters. The van der Waals surface area contributed by atoms with Gasteiger partial charge in [0.15, 0.2) is 0 Å². The molecule has 1 saturated carbocycles. The van der Waals surface area contributed by atoms with Crippen molar-refractivity contribution in [3.05, 3.63) is 0 Å².